The first-order valence-corrected chi connectivity index (χ1v) is 7.50. The number of benzene rings is 1. The Kier molecular flexibility index (Phi) is 4.52. The third kappa shape index (κ3) is 3.62. The molecule has 1 aromatic rings. The van der Waals surface area contributed by atoms with Gasteiger partial charge in [-0.05, 0) is 25.5 Å². The number of hydrogen-bond acceptors (Lipinski definition) is 6. The molecule has 1 aliphatic rings. The minimum atomic E-state index is -0.375. The van der Waals surface area contributed by atoms with Crippen LogP contribution in [0.25, 0.3) is 0 Å². The van der Waals surface area contributed by atoms with E-state index in [0.717, 1.165) is 30.1 Å². The highest BCUT2D eigenvalue weighted by atomic mass is 32.2. The van der Waals surface area contributed by atoms with Gasteiger partial charge in [-0.3, -0.25) is 20.9 Å². The highest BCUT2D eigenvalue weighted by Crippen LogP contribution is 2.31. The molecule has 0 unspecified atom stereocenters. The van der Waals surface area contributed by atoms with Gasteiger partial charge in [-0.15, -0.1) is 0 Å². The first-order valence-electron chi connectivity index (χ1n) is 6.51. The molecule has 0 aromatic heterocycles. The van der Waals surface area contributed by atoms with Crippen LogP contribution in [0.15, 0.2) is 18.2 Å². The number of nitro benzene ring substituents is 1. The molecule has 20 heavy (non-hydrogen) atoms. The lowest BCUT2D eigenvalue weighted by Crippen LogP contribution is -2.42. The van der Waals surface area contributed by atoms with Gasteiger partial charge in [-0.1, -0.05) is 0 Å². The molecule has 0 atom stereocenters. The van der Waals surface area contributed by atoms with Crippen molar-refractivity contribution in [1.29, 1.82) is 0 Å². The summed E-state index contributed by atoms with van der Waals surface area (Å²) in [4.78, 5) is 12.8. The van der Waals surface area contributed by atoms with Crippen LogP contribution in [-0.4, -0.2) is 33.4 Å². The number of nitro groups is 1. The Balaban J connectivity index is 2.18. The van der Waals surface area contributed by atoms with Crippen molar-refractivity contribution >= 4 is 23.1 Å². The van der Waals surface area contributed by atoms with Gasteiger partial charge in [0, 0.05) is 42.3 Å². The van der Waals surface area contributed by atoms with Gasteiger partial charge in [-0.25, -0.2) is 0 Å². The van der Waals surface area contributed by atoms with Crippen LogP contribution in [-0.2, 0) is 6.54 Å². The molecular formula is C13H20N4O2S. The Morgan fingerprint density at radius 1 is 1.55 bits per heavy atom. The fourth-order valence-corrected chi connectivity index (χ4v) is 3.63. The lowest BCUT2D eigenvalue weighted by atomic mass is 10.1. The fourth-order valence-electron chi connectivity index (χ4n) is 2.46. The highest BCUT2D eigenvalue weighted by molar-refractivity contribution is 8.00. The van der Waals surface area contributed by atoms with Gasteiger partial charge in [0.05, 0.1) is 10.6 Å². The number of rotatable bonds is 4. The smallest absolute Gasteiger partial charge is 0.269 e. The molecule has 1 fully saturated rings. The van der Waals surface area contributed by atoms with Gasteiger partial charge in [0.2, 0.25) is 0 Å². The molecule has 3 N–H and O–H groups in total. The summed E-state index contributed by atoms with van der Waals surface area (Å²) in [5.74, 6) is 6.57. The van der Waals surface area contributed by atoms with E-state index in [0.29, 0.717) is 6.54 Å². The van der Waals surface area contributed by atoms with Gasteiger partial charge in [0.25, 0.3) is 5.69 Å². The average Bonchev–Trinajstić information content (AvgIpc) is 2.37. The molecule has 1 heterocycles. The second kappa shape index (κ2) is 5.99. The van der Waals surface area contributed by atoms with Crippen LogP contribution >= 0.6 is 11.8 Å². The van der Waals surface area contributed by atoms with Crippen LogP contribution in [0.4, 0.5) is 11.4 Å². The summed E-state index contributed by atoms with van der Waals surface area (Å²) >= 11 is 1.96. The van der Waals surface area contributed by atoms with Crippen LogP contribution in [0.2, 0.25) is 0 Å². The number of nitrogens with two attached hydrogens (primary N) is 1. The Labute approximate surface area is 122 Å². The molecule has 0 radical (unpaired) electrons. The summed E-state index contributed by atoms with van der Waals surface area (Å²) in [6, 6.07) is 4.73. The fraction of sp³-hybridized carbons (Fsp3) is 0.538. The Bertz CT molecular complexity index is 507. The van der Waals surface area contributed by atoms with Gasteiger partial charge in [0.15, 0.2) is 0 Å². The third-order valence-corrected chi connectivity index (χ3v) is 4.65. The molecule has 0 spiro atoms. The van der Waals surface area contributed by atoms with Crippen LogP contribution in [0.3, 0.4) is 0 Å². The van der Waals surface area contributed by atoms with Crippen molar-refractivity contribution in [2.75, 3.05) is 24.3 Å². The number of nitrogens with one attached hydrogen (secondary N) is 1. The lowest BCUT2D eigenvalue weighted by molar-refractivity contribution is -0.384. The van der Waals surface area contributed by atoms with E-state index in [9.17, 15) is 10.1 Å². The third-order valence-electron chi connectivity index (χ3n) is 3.35. The Morgan fingerprint density at radius 3 is 2.90 bits per heavy atom. The Hall–Kier alpha value is -1.31. The van der Waals surface area contributed by atoms with Gasteiger partial charge >= 0.3 is 0 Å². The number of hydrogen-bond donors (Lipinski definition) is 2. The zero-order chi connectivity index (χ0) is 14.8. The van der Waals surface area contributed by atoms with Crippen LogP contribution in [0.5, 0.6) is 0 Å². The maximum atomic E-state index is 10.9. The van der Waals surface area contributed by atoms with Crippen molar-refractivity contribution in [3.8, 4) is 0 Å². The SMILES string of the molecule is CC1(C)CN(Cc2cc([N+](=O)[O-])ccc2NN)CCS1. The van der Waals surface area contributed by atoms with E-state index < -0.39 is 0 Å². The van der Waals surface area contributed by atoms with Crippen LogP contribution < -0.4 is 11.3 Å². The summed E-state index contributed by atoms with van der Waals surface area (Å²) in [7, 11) is 0. The molecule has 1 aliphatic heterocycles. The van der Waals surface area contributed by atoms with Crippen LogP contribution in [0, 0.1) is 10.1 Å². The minimum absolute atomic E-state index is 0.102. The number of anilines is 1. The molecule has 6 nitrogen and oxygen atoms in total. The molecule has 0 aliphatic carbocycles. The number of thioether (sulfide) groups is 1. The van der Waals surface area contributed by atoms with E-state index in [1.807, 2.05) is 11.8 Å². The maximum absolute atomic E-state index is 10.9. The maximum Gasteiger partial charge on any atom is 0.269 e. The zero-order valence-corrected chi connectivity index (χ0v) is 12.6. The van der Waals surface area contributed by atoms with E-state index >= 15 is 0 Å². The number of hydrazine groups is 1. The normalized spacial score (nSPS) is 18.8. The topological polar surface area (TPSA) is 84.4 Å². The standard InChI is InChI=1S/C13H20N4O2S/c1-13(2)9-16(5-6-20-13)8-10-7-11(17(18)19)3-4-12(10)15-14/h3-4,7,15H,5-6,8-9,14H2,1-2H3. The second-order valence-electron chi connectivity index (χ2n) is 5.56. The summed E-state index contributed by atoms with van der Waals surface area (Å²) in [6.45, 7) is 7.06. The van der Waals surface area contributed by atoms with Gasteiger partial charge in [-0.2, -0.15) is 11.8 Å². The minimum Gasteiger partial charge on any atom is -0.324 e. The van der Waals surface area contributed by atoms with Crippen molar-refractivity contribution in [3.63, 3.8) is 0 Å². The summed E-state index contributed by atoms with van der Waals surface area (Å²) < 4.78 is 0.218. The van der Waals surface area contributed by atoms with E-state index in [2.05, 4.69) is 24.2 Å². The monoisotopic (exact) mass is 296 g/mol. The number of non-ortho nitro benzene ring substituents is 1. The zero-order valence-electron chi connectivity index (χ0n) is 11.8. The summed E-state index contributed by atoms with van der Waals surface area (Å²) in [5.41, 5.74) is 4.33. The Morgan fingerprint density at radius 2 is 2.30 bits per heavy atom. The van der Waals surface area contributed by atoms with Crippen molar-refractivity contribution in [2.24, 2.45) is 5.84 Å². The molecule has 0 bridgehead atoms. The van der Waals surface area contributed by atoms with Gasteiger partial charge in [0.1, 0.15) is 0 Å². The molecule has 0 saturated carbocycles. The predicted octanol–water partition coefficient (Wildman–Crippen LogP) is 2.21. The molecule has 1 aromatic carbocycles. The first-order chi connectivity index (χ1) is 9.41. The molecule has 1 saturated heterocycles. The molecule has 7 heteroatoms. The first kappa shape index (κ1) is 15.1. The van der Waals surface area contributed by atoms with E-state index in [4.69, 9.17) is 5.84 Å². The van der Waals surface area contributed by atoms with Crippen molar-refractivity contribution in [1.82, 2.24) is 4.90 Å². The average molecular weight is 296 g/mol. The molecule has 110 valence electrons. The van der Waals surface area contributed by atoms with Crippen molar-refractivity contribution < 1.29 is 4.92 Å². The second-order valence-corrected chi connectivity index (χ2v) is 7.36. The van der Waals surface area contributed by atoms with Gasteiger partial charge < -0.3 is 5.43 Å². The van der Waals surface area contributed by atoms with Crippen LogP contribution in [0.1, 0.15) is 19.4 Å². The highest BCUT2D eigenvalue weighted by Gasteiger charge is 2.27. The predicted molar refractivity (Wildman–Crippen MR) is 82.7 cm³/mol. The van der Waals surface area contributed by atoms with E-state index in [1.165, 1.54) is 6.07 Å². The quantitative estimate of drug-likeness (QED) is 0.503. The lowest BCUT2D eigenvalue weighted by Gasteiger charge is -2.37. The summed E-state index contributed by atoms with van der Waals surface area (Å²) in [5, 5.41) is 10.9. The van der Waals surface area contributed by atoms with Crippen molar-refractivity contribution in [2.45, 2.75) is 25.1 Å². The summed E-state index contributed by atoms with van der Waals surface area (Å²) in [6.07, 6.45) is 0. The van der Waals surface area contributed by atoms with Crippen molar-refractivity contribution in [3.05, 3.63) is 33.9 Å². The van der Waals surface area contributed by atoms with E-state index in [-0.39, 0.29) is 15.4 Å². The molecule has 2 rings (SSSR count). The number of nitrogens with zero attached hydrogens (tertiary/aromatic N) is 2. The number of nitrogen functional groups attached to an aromatic ring is 1. The van der Waals surface area contributed by atoms with E-state index in [1.54, 1.807) is 12.1 Å². The molecular weight excluding hydrogens is 276 g/mol. The largest absolute Gasteiger partial charge is 0.324 e. The molecule has 0 amide bonds.